The molecule has 6 nitrogen and oxygen atoms in total. The molecule has 2 unspecified atom stereocenters. The number of fused-ring (bicyclic) bond motifs is 1. The van der Waals surface area contributed by atoms with E-state index in [0.29, 0.717) is 22.3 Å². The molecule has 13 heteroatoms. The molecule has 0 spiro atoms. The van der Waals surface area contributed by atoms with Gasteiger partial charge in [0.2, 0.25) is 0 Å². The van der Waals surface area contributed by atoms with Crippen LogP contribution in [0.1, 0.15) is 72.8 Å². The molecular formula is C34H44F6N2O4S. The second-order valence-electron chi connectivity index (χ2n) is 13.6. The largest absolute Gasteiger partial charge is 0.573 e. The van der Waals surface area contributed by atoms with Crippen LogP contribution in [0.25, 0.3) is 22.3 Å². The third-order valence-electron chi connectivity index (χ3n) is 8.06. The Balaban J connectivity index is 1.80. The highest BCUT2D eigenvalue weighted by Gasteiger charge is 2.52. The fourth-order valence-electron chi connectivity index (χ4n) is 4.78. The summed E-state index contributed by atoms with van der Waals surface area (Å²) in [6, 6.07) is 10.1. The Morgan fingerprint density at radius 1 is 0.957 bits per heavy atom. The van der Waals surface area contributed by atoms with Gasteiger partial charge in [-0.3, -0.25) is 4.79 Å². The van der Waals surface area contributed by atoms with Gasteiger partial charge < -0.3 is 25.4 Å². The first-order valence-electron chi connectivity index (χ1n) is 15.4. The Bertz CT molecular complexity index is 1510. The maximum absolute atomic E-state index is 14.3. The first-order valence-corrected chi connectivity index (χ1v) is 16.4. The third-order valence-corrected chi connectivity index (χ3v) is 9.43. The molecule has 2 atom stereocenters. The van der Waals surface area contributed by atoms with Crippen LogP contribution >= 0.6 is 11.8 Å². The standard InChI is InChI=1S/C34H44F6N2O4S/c1-7-8-9-10-21-11-14-24(27(15-21)46-34(38,39)40)26-16-22-12-13-23(17-25(22)45-26)47-20-32(6,33(35,36)37)19-44-29(43)31(4,5)28(41)18-30(2,3)42/h11-17,28H,7-10,18-20,41-42H2,1-6H3. The van der Waals surface area contributed by atoms with Gasteiger partial charge in [0.15, 0.2) is 0 Å². The van der Waals surface area contributed by atoms with E-state index in [2.05, 4.69) is 4.74 Å². The molecule has 0 bridgehead atoms. The summed E-state index contributed by atoms with van der Waals surface area (Å²) in [6.07, 6.45) is -6.07. The summed E-state index contributed by atoms with van der Waals surface area (Å²) in [5, 5.41) is 0.543. The average molecular weight is 691 g/mol. The van der Waals surface area contributed by atoms with Crippen LogP contribution in [0.3, 0.4) is 0 Å². The number of alkyl halides is 6. The van der Waals surface area contributed by atoms with E-state index >= 15 is 0 Å². The molecule has 0 radical (unpaired) electrons. The second kappa shape index (κ2) is 14.7. The number of carbonyl (C=O) groups is 1. The molecule has 0 fully saturated rings. The van der Waals surface area contributed by atoms with E-state index in [0.717, 1.165) is 37.9 Å². The number of esters is 1. The zero-order valence-electron chi connectivity index (χ0n) is 27.5. The van der Waals surface area contributed by atoms with E-state index in [1.165, 1.54) is 32.0 Å². The lowest BCUT2D eigenvalue weighted by Gasteiger charge is -2.36. The van der Waals surface area contributed by atoms with Gasteiger partial charge in [-0.1, -0.05) is 25.8 Å². The van der Waals surface area contributed by atoms with Crippen LogP contribution in [0.2, 0.25) is 0 Å². The highest BCUT2D eigenvalue weighted by Crippen LogP contribution is 2.44. The van der Waals surface area contributed by atoms with E-state index in [1.54, 1.807) is 38.1 Å². The summed E-state index contributed by atoms with van der Waals surface area (Å²) in [7, 11) is 0. The van der Waals surface area contributed by atoms with E-state index in [9.17, 15) is 31.1 Å². The summed E-state index contributed by atoms with van der Waals surface area (Å²) in [6.45, 7) is 8.58. The molecule has 0 aliphatic carbocycles. The zero-order valence-corrected chi connectivity index (χ0v) is 28.3. The minimum Gasteiger partial charge on any atom is -0.464 e. The predicted octanol–water partition coefficient (Wildman–Crippen LogP) is 9.42. The zero-order chi connectivity index (χ0) is 35.4. The smallest absolute Gasteiger partial charge is 0.464 e. The Labute approximate surface area is 275 Å². The number of aryl methyl sites for hydroxylation is 1. The van der Waals surface area contributed by atoms with Crippen LogP contribution in [0.5, 0.6) is 5.75 Å². The molecule has 0 saturated heterocycles. The van der Waals surface area contributed by atoms with Crippen LogP contribution in [0.15, 0.2) is 51.8 Å². The first-order chi connectivity index (χ1) is 21.5. The molecule has 0 aliphatic rings. The van der Waals surface area contributed by atoms with Crippen molar-refractivity contribution in [2.75, 3.05) is 12.4 Å². The van der Waals surface area contributed by atoms with Gasteiger partial charge in [-0.2, -0.15) is 13.2 Å². The molecule has 0 aliphatic heterocycles. The summed E-state index contributed by atoms with van der Waals surface area (Å²) in [5.41, 5.74) is 8.86. The molecule has 2 aromatic carbocycles. The Hall–Kier alpha value is -2.90. The number of benzene rings is 2. The number of nitrogens with two attached hydrogens (primary N) is 2. The Morgan fingerprint density at radius 3 is 2.23 bits per heavy atom. The van der Waals surface area contributed by atoms with Crippen molar-refractivity contribution in [1.82, 2.24) is 0 Å². The number of hydrogen-bond acceptors (Lipinski definition) is 7. The maximum Gasteiger partial charge on any atom is 0.573 e. The summed E-state index contributed by atoms with van der Waals surface area (Å²) < 4.78 is 98.2. The number of hydrogen-bond donors (Lipinski definition) is 2. The molecule has 4 N–H and O–H groups in total. The minimum absolute atomic E-state index is 0.0936. The molecule has 3 aromatic rings. The monoisotopic (exact) mass is 690 g/mol. The molecule has 1 aromatic heterocycles. The summed E-state index contributed by atoms with van der Waals surface area (Å²) in [4.78, 5) is 13.3. The topological polar surface area (TPSA) is 101 Å². The number of furan rings is 1. The van der Waals surface area contributed by atoms with Crippen molar-refractivity contribution in [3.63, 3.8) is 0 Å². The van der Waals surface area contributed by atoms with Crippen LogP contribution in [0, 0.1) is 10.8 Å². The molecular weight excluding hydrogens is 646 g/mol. The number of halogens is 6. The highest BCUT2D eigenvalue weighted by atomic mass is 32.2. The lowest BCUT2D eigenvalue weighted by Crippen LogP contribution is -2.51. The van der Waals surface area contributed by atoms with Crippen molar-refractivity contribution in [2.45, 2.75) is 103 Å². The summed E-state index contributed by atoms with van der Waals surface area (Å²) in [5.74, 6) is -1.63. The fourth-order valence-corrected chi connectivity index (χ4v) is 5.87. The van der Waals surface area contributed by atoms with Crippen molar-refractivity contribution < 1.29 is 45.0 Å². The van der Waals surface area contributed by atoms with Gasteiger partial charge in [0.25, 0.3) is 0 Å². The van der Waals surface area contributed by atoms with Crippen molar-refractivity contribution >= 4 is 28.7 Å². The summed E-state index contributed by atoms with van der Waals surface area (Å²) >= 11 is 0.884. The normalized spacial score (nSPS) is 15.0. The van der Waals surface area contributed by atoms with Gasteiger partial charge >= 0.3 is 18.5 Å². The minimum atomic E-state index is -4.92. The molecule has 0 amide bonds. The first kappa shape index (κ1) is 38.5. The van der Waals surface area contributed by atoms with E-state index in [4.69, 9.17) is 20.6 Å². The van der Waals surface area contributed by atoms with Gasteiger partial charge in [0, 0.05) is 27.6 Å². The molecule has 0 saturated carbocycles. The lowest BCUT2D eigenvalue weighted by atomic mass is 9.79. The van der Waals surface area contributed by atoms with Crippen LogP contribution < -0.4 is 16.2 Å². The van der Waals surface area contributed by atoms with Crippen LogP contribution in [-0.4, -0.2) is 42.4 Å². The third kappa shape index (κ3) is 10.5. The van der Waals surface area contributed by atoms with E-state index < -0.39 is 59.0 Å². The number of thioether (sulfide) groups is 1. The quantitative estimate of drug-likeness (QED) is 0.0709. The number of rotatable bonds is 15. The average Bonchev–Trinajstić information content (AvgIpc) is 3.36. The Morgan fingerprint density at radius 2 is 1.64 bits per heavy atom. The maximum atomic E-state index is 14.3. The molecule has 1 heterocycles. The van der Waals surface area contributed by atoms with Gasteiger partial charge in [-0.25, -0.2) is 0 Å². The second-order valence-corrected chi connectivity index (χ2v) is 14.6. The van der Waals surface area contributed by atoms with Gasteiger partial charge in [0.1, 0.15) is 29.1 Å². The number of carbonyl (C=O) groups excluding carboxylic acids is 1. The Kier molecular flexibility index (Phi) is 12.1. The van der Waals surface area contributed by atoms with Crippen LogP contribution in [-0.2, 0) is 16.0 Å². The highest BCUT2D eigenvalue weighted by molar-refractivity contribution is 7.99. The van der Waals surface area contributed by atoms with Crippen molar-refractivity contribution in [2.24, 2.45) is 22.3 Å². The molecule has 47 heavy (non-hydrogen) atoms. The predicted molar refractivity (Wildman–Crippen MR) is 172 cm³/mol. The SMILES string of the molecule is CCCCCc1ccc(-c2cc3ccc(SCC(C)(COC(=O)C(C)(C)C(N)CC(C)(C)N)C(F)(F)F)cc3o2)c(OC(F)(F)F)c1. The lowest BCUT2D eigenvalue weighted by molar-refractivity contribution is -0.274. The number of unbranched alkanes of at least 4 members (excludes halogenated alkanes) is 2. The van der Waals surface area contributed by atoms with Gasteiger partial charge in [-0.05, 0) is 95.8 Å². The van der Waals surface area contributed by atoms with Gasteiger partial charge in [0.05, 0.1) is 11.0 Å². The fraction of sp³-hybridized carbons (Fsp3) is 0.559. The van der Waals surface area contributed by atoms with Crippen molar-refractivity contribution in [3.05, 3.63) is 48.0 Å². The van der Waals surface area contributed by atoms with Gasteiger partial charge in [-0.15, -0.1) is 24.9 Å². The van der Waals surface area contributed by atoms with E-state index in [1.807, 2.05) is 6.92 Å². The number of ether oxygens (including phenoxy) is 2. The molecule has 262 valence electrons. The van der Waals surface area contributed by atoms with Crippen molar-refractivity contribution in [1.29, 1.82) is 0 Å². The molecule has 3 rings (SSSR count). The van der Waals surface area contributed by atoms with E-state index in [-0.39, 0.29) is 23.3 Å². The van der Waals surface area contributed by atoms with Crippen molar-refractivity contribution in [3.8, 4) is 17.1 Å². The van der Waals surface area contributed by atoms with Crippen LogP contribution in [0.4, 0.5) is 26.3 Å².